The standard InChI is InChI=1S/C35H33ClN10O8/c36-22-3-8-28(46-19-37-41-42-46)29(16-22)44-9-10-45(33(50)32(44)49)30(31(48)38-24-6-7-26-21(14-24)15-27(40-26)34(51)52)13-20-1-4-23(5-2-20)39-35(53)43-11-12-54-25(17-43)18-47/h1-8,14-16,19,25,30,40,47H,9-13,17-18H2,(H,38,48)(H,39,53)(H,51,52)/t25-,30?/m1/s1. The molecule has 278 valence electrons. The number of aromatic nitrogens is 5. The molecule has 2 saturated heterocycles. The van der Waals surface area contributed by atoms with E-state index in [-0.39, 0.29) is 44.4 Å². The number of piperazine rings is 1. The molecule has 1 unspecified atom stereocenters. The molecule has 2 aliphatic heterocycles. The van der Waals surface area contributed by atoms with Gasteiger partial charge in [0, 0.05) is 53.4 Å². The summed E-state index contributed by atoms with van der Waals surface area (Å²) in [7, 11) is 0. The summed E-state index contributed by atoms with van der Waals surface area (Å²) in [6, 6.07) is 16.2. The van der Waals surface area contributed by atoms with Crippen LogP contribution in [0.4, 0.5) is 21.9 Å². The molecule has 4 heterocycles. The highest BCUT2D eigenvalue weighted by Crippen LogP contribution is 2.30. The number of tetrazole rings is 1. The smallest absolute Gasteiger partial charge is 0.352 e. The molecule has 2 atom stereocenters. The predicted molar refractivity (Wildman–Crippen MR) is 193 cm³/mol. The minimum atomic E-state index is -1.16. The lowest BCUT2D eigenvalue weighted by atomic mass is 10.0. The van der Waals surface area contributed by atoms with E-state index in [1.165, 1.54) is 32.9 Å². The molecular formula is C35H33ClN10O8. The normalized spacial score (nSPS) is 16.8. The summed E-state index contributed by atoms with van der Waals surface area (Å²) in [6.45, 7) is 0.701. The van der Waals surface area contributed by atoms with Crippen molar-refractivity contribution in [2.24, 2.45) is 0 Å². The number of nitrogens with one attached hydrogen (secondary N) is 3. The quantitative estimate of drug-likeness (QED) is 0.130. The highest BCUT2D eigenvalue weighted by atomic mass is 35.5. The number of aliphatic hydroxyl groups is 1. The summed E-state index contributed by atoms with van der Waals surface area (Å²) in [5.74, 6) is -3.54. The zero-order chi connectivity index (χ0) is 37.9. The predicted octanol–water partition coefficient (Wildman–Crippen LogP) is 2.15. The van der Waals surface area contributed by atoms with Gasteiger partial charge in [-0.15, -0.1) is 5.10 Å². The molecule has 2 aliphatic rings. The second kappa shape index (κ2) is 15.3. The molecule has 2 fully saturated rings. The summed E-state index contributed by atoms with van der Waals surface area (Å²) >= 11 is 6.30. The van der Waals surface area contributed by atoms with Crippen molar-refractivity contribution in [1.82, 2.24) is 35.0 Å². The molecule has 5 N–H and O–H groups in total. The van der Waals surface area contributed by atoms with Gasteiger partial charge in [0.1, 0.15) is 18.1 Å². The number of fused-ring (bicyclic) bond motifs is 1. The number of carboxylic acids is 1. The van der Waals surface area contributed by atoms with Crippen LogP contribution in [0.2, 0.25) is 5.02 Å². The Morgan fingerprint density at radius 2 is 1.74 bits per heavy atom. The van der Waals surface area contributed by atoms with Crippen molar-refractivity contribution in [2.75, 3.05) is 54.9 Å². The Morgan fingerprint density at radius 1 is 0.944 bits per heavy atom. The molecule has 2 aromatic heterocycles. The van der Waals surface area contributed by atoms with Crippen LogP contribution >= 0.6 is 11.6 Å². The first-order valence-corrected chi connectivity index (χ1v) is 17.2. The average molecular weight is 757 g/mol. The molecule has 0 saturated carbocycles. The van der Waals surface area contributed by atoms with Crippen molar-refractivity contribution in [3.8, 4) is 5.69 Å². The molecule has 0 aliphatic carbocycles. The molecule has 19 heteroatoms. The average Bonchev–Trinajstić information content (AvgIpc) is 3.87. The van der Waals surface area contributed by atoms with Gasteiger partial charge < -0.3 is 45.3 Å². The van der Waals surface area contributed by atoms with Crippen LogP contribution in [-0.2, 0) is 25.5 Å². The van der Waals surface area contributed by atoms with Crippen molar-refractivity contribution < 1.29 is 38.9 Å². The SMILES string of the molecule is O=C(O)c1cc2cc(NC(=O)C(Cc3ccc(NC(=O)N4CCO[C@@H](CO)C4)cc3)N3CCN(c4cc(Cl)ccc4-n4cnnn4)C(=O)C3=O)ccc2[nH]1. The molecule has 7 rings (SSSR count). The van der Waals surface area contributed by atoms with Crippen LogP contribution in [0.15, 0.2) is 73.1 Å². The number of hydrogen-bond donors (Lipinski definition) is 5. The Morgan fingerprint density at radius 3 is 2.48 bits per heavy atom. The van der Waals surface area contributed by atoms with Gasteiger partial charge in [0.15, 0.2) is 0 Å². The lowest BCUT2D eigenvalue weighted by Gasteiger charge is -2.38. The van der Waals surface area contributed by atoms with Gasteiger partial charge >= 0.3 is 23.8 Å². The Balaban J connectivity index is 1.13. The van der Waals surface area contributed by atoms with E-state index in [4.69, 9.17) is 16.3 Å². The van der Waals surface area contributed by atoms with Gasteiger partial charge in [-0.1, -0.05) is 23.7 Å². The zero-order valence-corrected chi connectivity index (χ0v) is 29.1. The van der Waals surface area contributed by atoms with Gasteiger partial charge in [0.25, 0.3) is 0 Å². The Kier molecular flexibility index (Phi) is 10.2. The van der Waals surface area contributed by atoms with Crippen LogP contribution in [0.25, 0.3) is 16.6 Å². The van der Waals surface area contributed by atoms with Crippen molar-refractivity contribution in [3.63, 3.8) is 0 Å². The van der Waals surface area contributed by atoms with Crippen LogP contribution in [-0.4, -0.2) is 126 Å². The van der Waals surface area contributed by atoms with Crippen LogP contribution in [0.1, 0.15) is 16.1 Å². The summed E-state index contributed by atoms with van der Waals surface area (Å²) in [4.78, 5) is 73.0. The topological polar surface area (TPSA) is 228 Å². The lowest BCUT2D eigenvalue weighted by Crippen LogP contribution is -2.60. The maximum absolute atomic E-state index is 14.1. The first-order valence-electron chi connectivity index (χ1n) is 16.8. The van der Waals surface area contributed by atoms with E-state index < -0.39 is 35.8 Å². The summed E-state index contributed by atoms with van der Waals surface area (Å²) in [6.07, 6.45) is 0.884. The number of aliphatic hydroxyl groups excluding tert-OH is 1. The Bertz CT molecular complexity index is 2230. The fourth-order valence-corrected chi connectivity index (χ4v) is 6.58. The van der Waals surface area contributed by atoms with E-state index in [0.717, 1.165) is 0 Å². The number of benzene rings is 3. The summed E-state index contributed by atoms with van der Waals surface area (Å²) < 4.78 is 6.76. The molecule has 3 aromatic carbocycles. The number of hydrogen-bond acceptors (Lipinski definition) is 10. The van der Waals surface area contributed by atoms with Gasteiger partial charge in [0.2, 0.25) is 5.91 Å². The minimum absolute atomic E-state index is 0.00330. The number of rotatable bonds is 10. The summed E-state index contributed by atoms with van der Waals surface area (Å²) in [5, 5.41) is 36.5. The second-order valence-electron chi connectivity index (χ2n) is 12.6. The molecule has 0 bridgehead atoms. The highest BCUT2D eigenvalue weighted by Gasteiger charge is 2.41. The number of amides is 5. The van der Waals surface area contributed by atoms with E-state index in [2.05, 4.69) is 31.1 Å². The number of halogens is 1. The molecule has 54 heavy (non-hydrogen) atoms. The van der Waals surface area contributed by atoms with Gasteiger partial charge in [-0.2, -0.15) is 4.68 Å². The molecule has 5 aromatic rings. The number of anilines is 3. The third kappa shape index (κ3) is 7.56. The van der Waals surface area contributed by atoms with Crippen LogP contribution < -0.4 is 15.5 Å². The number of nitrogens with zero attached hydrogens (tertiary/aromatic N) is 7. The number of aromatic carboxylic acids is 1. The van der Waals surface area contributed by atoms with Crippen molar-refractivity contribution >= 4 is 69.3 Å². The van der Waals surface area contributed by atoms with Gasteiger partial charge in [-0.25, -0.2) is 9.59 Å². The van der Waals surface area contributed by atoms with Gasteiger partial charge in [-0.3, -0.25) is 14.4 Å². The Labute approximate surface area is 311 Å². The maximum Gasteiger partial charge on any atom is 0.352 e. The van der Waals surface area contributed by atoms with Crippen LogP contribution in [0.3, 0.4) is 0 Å². The largest absolute Gasteiger partial charge is 0.477 e. The number of ether oxygens (including phenoxy) is 1. The number of morpholine rings is 1. The van der Waals surface area contributed by atoms with Crippen molar-refractivity contribution in [1.29, 1.82) is 0 Å². The van der Waals surface area contributed by atoms with E-state index in [0.29, 0.717) is 57.4 Å². The molecule has 18 nitrogen and oxygen atoms in total. The maximum atomic E-state index is 14.1. The van der Waals surface area contributed by atoms with Crippen molar-refractivity contribution in [2.45, 2.75) is 18.6 Å². The number of carboxylic acid groups (broad SMARTS) is 1. The molecule has 0 spiro atoms. The Hall–Kier alpha value is -6.37. The monoisotopic (exact) mass is 756 g/mol. The van der Waals surface area contributed by atoms with E-state index in [9.17, 15) is 34.2 Å². The molecular weight excluding hydrogens is 724 g/mol. The summed E-state index contributed by atoms with van der Waals surface area (Å²) in [5.41, 5.74) is 2.71. The minimum Gasteiger partial charge on any atom is -0.477 e. The van der Waals surface area contributed by atoms with E-state index >= 15 is 0 Å². The highest BCUT2D eigenvalue weighted by molar-refractivity contribution is 6.41. The second-order valence-corrected chi connectivity index (χ2v) is 13.0. The fourth-order valence-electron chi connectivity index (χ4n) is 6.41. The number of carbonyl (C=O) groups is 5. The number of urea groups is 1. The third-order valence-corrected chi connectivity index (χ3v) is 9.37. The number of H-pyrrole nitrogens is 1. The van der Waals surface area contributed by atoms with E-state index in [1.54, 1.807) is 59.5 Å². The van der Waals surface area contributed by atoms with Gasteiger partial charge in [-0.05, 0) is 70.6 Å². The number of carbonyl (C=O) groups excluding carboxylic acids is 4. The number of aromatic amines is 1. The fraction of sp³-hybridized carbons (Fsp3) is 0.257. The lowest BCUT2D eigenvalue weighted by molar-refractivity contribution is -0.149. The molecule has 5 amide bonds. The van der Waals surface area contributed by atoms with Crippen molar-refractivity contribution in [3.05, 3.63) is 89.3 Å². The van der Waals surface area contributed by atoms with Crippen LogP contribution in [0, 0.1) is 0 Å². The van der Waals surface area contributed by atoms with Crippen LogP contribution in [0.5, 0.6) is 0 Å². The van der Waals surface area contributed by atoms with E-state index in [1.807, 2.05) is 0 Å². The molecule has 0 radical (unpaired) electrons. The third-order valence-electron chi connectivity index (χ3n) is 9.14. The zero-order valence-electron chi connectivity index (χ0n) is 28.4. The first kappa shape index (κ1) is 36.0. The van der Waals surface area contributed by atoms with Gasteiger partial charge in [0.05, 0.1) is 37.2 Å². The first-order chi connectivity index (χ1) is 26.1.